The van der Waals surface area contributed by atoms with Crippen molar-refractivity contribution in [3.05, 3.63) is 55.4 Å². The lowest BCUT2D eigenvalue weighted by atomic mass is 10.1. The van der Waals surface area contributed by atoms with Gasteiger partial charge in [-0.15, -0.1) is 0 Å². The predicted octanol–water partition coefficient (Wildman–Crippen LogP) is 4.43. The van der Waals surface area contributed by atoms with E-state index in [0.29, 0.717) is 31.8 Å². The molecule has 2 aromatic rings. The van der Waals surface area contributed by atoms with Crippen molar-refractivity contribution in [1.29, 1.82) is 0 Å². The Hall–Kier alpha value is -2.03. The fourth-order valence-electron chi connectivity index (χ4n) is 2.47. The molecule has 0 radical (unpaired) electrons. The number of benzene rings is 2. The minimum absolute atomic E-state index is 0.0503. The molecule has 2 N–H and O–H groups in total. The first-order chi connectivity index (χ1) is 12.8. The Morgan fingerprint density at radius 2 is 1.89 bits per heavy atom. The largest absolute Gasteiger partial charge is 0.503 e. The molecule has 1 aliphatic rings. The fourth-order valence-corrected chi connectivity index (χ4v) is 3.43. The summed E-state index contributed by atoms with van der Waals surface area (Å²) in [6.07, 6.45) is 1.43. The first-order valence-electron chi connectivity index (χ1n) is 7.80. The van der Waals surface area contributed by atoms with Crippen LogP contribution in [0.25, 0.3) is 6.08 Å². The van der Waals surface area contributed by atoms with Crippen LogP contribution in [0.3, 0.4) is 0 Å². The molecule has 0 atom stereocenters. The molecule has 0 bridgehead atoms. The van der Waals surface area contributed by atoms with Gasteiger partial charge in [-0.1, -0.05) is 11.6 Å². The van der Waals surface area contributed by atoms with Crippen LogP contribution in [0.2, 0.25) is 5.02 Å². The Balaban J connectivity index is 2.01. The van der Waals surface area contributed by atoms with Gasteiger partial charge in [0.25, 0.3) is 11.8 Å². The maximum atomic E-state index is 12.7. The molecule has 3 rings (SSSR count). The van der Waals surface area contributed by atoms with E-state index in [1.54, 1.807) is 37.3 Å². The summed E-state index contributed by atoms with van der Waals surface area (Å²) >= 11 is 12.5. The number of anilines is 1. The van der Waals surface area contributed by atoms with Gasteiger partial charge >= 0.3 is 0 Å². The Labute approximate surface area is 177 Å². The number of phenolic OH excluding ortho intramolecular Hbond substituents is 1. The lowest BCUT2D eigenvalue weighted by Gasteiger charge is -2.14. The summed E-state index contributed by atoms with van der Waals surface area (Å²) < 4.78 is 6.24. The molecular formula is C18H13Br2ClN2O4. The lowest BCUT2D eigenvalue weighted by Crippen LogP contribution is -2.35. The highest BCUT2D eigenvalue weighted by Gasteiger charge is 2.34. The fraction of sp³-hybridized carbons (Fsp3) is 0.111. The Kier molecular flexibility index (Phi) is 5.78. The van der Waals surface area contributed by atoms with Crippen molar-refractivity contribution < 1.29 is 19.4 Å². The SMILES string of the molecule is CCOc1cc(C=C2C(=O)NN(c3ccc(Cl)cc3)C2=O)c(Br)c(Br)c1O. The number of ether oxygens (including phenoxy) is 1. The molecule has 2 aromatic carbocycles. The van der Waals surface area contributed by atoms with Crippen LogP contribution in [0.15, 0.2) is 44.9 Å². The summed E-state index contributed by atoms with van der Waals surface area (Å²) in [5, 5.41) is 11.8. The zero-order valence-corrected chi connectivity index (χ0v) is 17.9. The van der Waals surface area contributed by atoms with Gasteiger partial charge in [0.1, 0.15) is 5.57 Å². The number of amides is 2. The van der Waals surface area contributed by atoms with Gasteiger partial charge in [0.15, 0.2) is 11.5 Å². The highest BCUT2D eigenvalue weighted by molar-refractivity contribution is 9.13. The number of phenols is 1. The van der Waals surface area contributed by atoms with Gasteiger partial charge in [-0.05, 0) is 80.8 Å². The van der Waals surface area contributed by atoms with E-state index in [9.17, 15) is 14.7 Å². The second-order valence-electron chi connectivity index (χ2n) is 5.49. The smallest absolute Gasteiger partial charge is 0.282 e. The molecule has 0 unspecified atom stereocenters. The van der Waals surface area contributed by atoms with Crippen LogP contribution < -0.4 is 15.2 Å². The van der Waals surface area contributed by atoms with Gasteiger partial charge in [-0.25, -0.2) is 5.01 Å². The number of carbonyl (C=O) groups is 2. The molecule has 6 nitrogen and oxygen atoms in total. The maximum Gasteiger partial charge on any atom is 0.282 e. The number of carbonyl (C=O) groups excluding carboxylic acids is 2. The minimum Gasteiger partial charge on any atom is -0.503 e. The van der Waals surface area contributed by atoms with Crippen molar-refractivity contribution in [2.45, 2.75) is 6.92 Å². The molecule has 0 saturated carbocycles. The van der Waals surface area contributed by atoms with E-state index in [-0.39, 0.29) is 17.1 Å². The van der Waals surface area contributed by atoms with Gasteiger partial charge < -0.3 is 9.84 Å². The van der Waals surface area contributed by atoms with Crippen molar-refractivity contribution in [2.24, 2.45) is 0 Å². The minimum atomic E-state index is -0.538. The summed E-state index contributed by atoms with van der Waals surface area (Å²) in [4.78, 5) is 25.1. The van der Waals surface area contributed by atoms with E-state index in [4.69, 9.17) is 16.3 Å². The van der Waals surface area contributed by atoms with E-state index in [1.165, 1.54) is 6.08 Å². The molecule has 0 aromatic heterocycles. The average Bonchev–Trinajstić information content (AvgIpc) is 2.92. The van der Waals surface area contributed by atoms with Crippen LogP contribution in [-0.2, 0) is 9.59 Å². The van der Waals surface area contributed by atoms with Gasteiger partial charge in [0, 0.05) is 9.50 Å². The maximum absolute atomic E-state index is 12.7. The highest BCUT2D eigenvalue weighted by Crippen LogP contribution is 2.42. The third kappa shape index (κ3) is 3.83. The molecule has 2 amide bonds. The van der Waals surface area contributed by atoms with Crippen LogP contribution in [0, 0.1) is 0 Å². The second kappa shape index (κ2) is 7.92. The molecule has 9 heteroatoms. The molecule has 1 saturated heterocycles. The first-order valence-corrected chi connectivity index (χ1v) is 9.76. The molecule has 1 aliphatic heterocycles. The predicted molar refractivity (Wildman–Crippen MR) is 110 cm³/mol. The number of nitrogens with zero attached hydrogens (tertiary/aromatic N) is 1. The van der Waals surface area contributed by atoms with Crippen molar-refractivity contribution in [3.63, 3.8) is 0 Å². The second-order valence-corrected chi connectivity index (χ2v) is 7.51. The number of halogens is 3. The molecule has 0 spiro atoms. The summed E-state index contributed by atoms with van der Waals surface area (Å²) in [5.41, 5.74) is 3.46. The zero-order chi connectivity index (χ0) is 19.7. The molecule has 1 heterocycles. The van der Waals surface area contributed by atoms with Gasteiger partial charge in [-0.2, -0.15) is 0 Å². The van der Waals surface area contributed by atoms with Crippen LogP contribution in [0.5, 0.6) is 11.5 Å². The standard InChI is InChI=1S/C18H13Br2ClN2O4/c1-2-27-13-8-9(14(19)15(20)16(13)24)7-12-17(25)22-23(18(12)26)11-5-3-10(21)4-6-11/h3-8,24H,2H2,1H3,(H,22,25). The zero-order valence-electron chi connectivity index (χ0n) is 13.9. The number of hydrogen-bond donors (Lipinski definition) is 2. The quantitative estimate of drug-likeness (QED) is 0.466. The van der Waals surface area contributed by atoms with E-state index in [2.05, 4.69) is 37.3 Å². The third-order valence-corrected chi connectivity index (χ3v) is 6.16. The van der Waals surface area contributed by atoms with Gasteiger partial charge in [-0.3, -0.25) is 15.0 Å². The number of aromatic hydroxyl groups is 1. The number of hydrazine groups is 1. The highest BCUT2D eigenvalue weighted by atomic mass is 79.9. The van der Waals surface area contributed by atoms with E-state index in [0.717, 1.165) is 5.01 Å². The summed E-state index contributed by atoms with van der Waals surface area (Å²) in [5.74, 6) is -0.879. The monoisotopic (exact) mass is 514 g/mol. The molecule has 1 fully saturated rings. The van der Waals surface area contributed by atoms with E-state index in [1.807, 2.05) is 0 Å². The lowest BCUT2D eigenvalue weighted by molar-refractivity contribution is -0.117. The van der Waals surface area contributed by atoms with Crippen molar-refractivity contribution in [1.82, 2.24) is 5.43 Å². The van der Waals surface area contributed by atoms with E-state index < -0.39 is 11.8 Å². The van der Waals surface area contributed by atoms with Crippen LogP contribution in [-0.4, -0.2) is 23.5 Å². The Bertz CT molecular complexity index is 961. The average molecular weight is 517 g/mol. The van der Waals surface area contributed by atoms with Crippen LogP contribution in [0.4, 0.5) is 5.69 Å². The Morgan fingerprint density at radius 1 is 1.22 bits per heavy atom. The molecule has 0 aliphatic carbocycles. The topological polar surface area (TPSA) is 78.9 Å². The molecule has 27 heavy (non-hydrogen) atoms. The summed E-state index contributed by atoms with van der Waals surface area (Å²) in [7, 11) is 0. The van der Waals surface area contributed by atoms with Gasteiger partial charge in [0.05, 0.1) is 16.8 Å². The number of rotatable bonds is 4. The summed E-state index contributed by atoms with van der Waals surface area (Å²) in [6, 6.07) is 8.06. The Morgan fingerprint density at radius 3 is 2.52 bits per heavy atom. The van der Waals surface area contributed by atoms with Crippen molar-refractivity contribution in [3.8, 4) is 11.5 Å². The number of hydrogen-bond acceptors (Lipinski definition) is 4. The van der Waals surface area contributed by atoms with E-state index >= 15 is 0 Å². The molecular weight excluding hydrogens is 503 g/mol. The van der Waals surface area contributed by atoms with Crippen LogP contribution in [0.1, 0.15) is 12.5 Å². The first kappa shape index (κ1) is 19.7. The van der Waals surface area contributed by atoms with Crippen molar-refractivity contribution >= 4 is 67.0 Å². The van der Waals surface area contributed by atoms with Crippen molar-refractivity contribution in [2.75, 3.05) is 11.6 Å². The summed E-state index contributed by atoms with van der Waals surface area (Å²) in [6.45, 7) is 2.13. The van der Waals surface area contributed by atoms with Gasteiger partial charge in [0.2, 0.25) is 0 Å². The number of nitrogens with one attached hydrogen (secondary N) is 1. The normalized spacial score (nSPS) is 15.4. The third-order valence-electron chi connectivity index (χ3n) is 3.75. The van der Waals surface area contributed by atoms with Crippen LogP contribution >= 0.6 is 43.5 Å². The molecule has 140 valence electrons.